The summed E-state index contributed by atoms with van der Waals surface area (Å²) in [7, 11) is 1.51. The van der Waals surface area contributed by atoms with Gasteiger partial charge in [0.25, 0.3) is 17.4 Å². The van der Waals surface area contributed by atoms with Gasteiger partial charge in [-0.3, -0.25) is 29.3 Å². The number of halogens is 2. The summed E-state index contributed by atoms with van der Waals surface area (Å²) in [6, 6.07) is 9.63. The minimum absolute atomic E-state index is 0.0413. The topological polar surface area (TPSA) is 180 Å². The summed E-state index contributed by atoms with van der Waals surface area (Å²) >= 11 is 6.60. The average Bonchev–Trinajstić information content (AvgIpc) is 3.53. The molecule has 4 aromatic rings. The van der Waals surface area contributed by atoms with Gasteiger partial charge in [-0.15, -0.1) is 0 Å². The summed E-state index contributed by atoms with van der Waals surface area (Å²) in [4.78, 5) is 78.2. The van der Waals surface area contributed by atoms with Gasteiger partial charge in [-0.1, -0.05) is 17.7 Å². The number of fused-ring (bicyclic) bond motifs is 2. The molecule has 2 atom stereocenters. The number of aromatic nitrogens is 3. The Morgan fingerprint density at radius 1 is 0.985 bits per heavy atom. The van der Waals surface area contributed by atoms with Crippen molar-refractivity contribution in [1.29, 1.82) is 0 Å². The molecule has 0 bridgehead atoms. The van der Waals surface area contributed by atoms with Crippen LogP contribution in [0.15, 0.2) is 47.4 Å². The van der Waals surface area contributed by atoms with Crippen LogP contribution >= 0.6 is 11.6 Å². The molecule has 65 heavy (non-hydrogen) atoms. The first-order valence-corrected chi connectivity index (χ1v) is 23.1. The van der Waals surface area contributed by atoms with E-state index in [0.29, 0.717) is 45.2 Å². The van der Waals surface area contributed by atoms with Gasteiger partial charge in [0, 0.05) is 60.8 Å². The number of ether oxygens (including phenoxy) is 2. The molecule has 1 aliphatic carbocycles. The summed E-state index contributed by atoms with van der Waals surface area (Å²) < 4.78 is 30.1. The number of likely N-dealkylation sites (N-methyl/N-ethyl adjacent to an activating group) is 1. The van der Waals surface area contributed by atoms with E-state index in [4.69, 9.17) is 26.1 Å². The van der Waals surface area contributed by atoms with Gasteiger partial charge in [0.1, 0.15) is 16.9 Å². The number of carbonyl (C=O) groups excluding carboxylic acids is 4. The molecule has 0 spiro atoms. The van der Waals surface area contributed by atoms with Crippen molar-refractivity contribution in [2.75, 3.05) is 50.1 Å². The van der Waals surface area contributed by atoms with Gasteiger partial charge in [0.2, 0.25) is 17.8 Å². The smallest absolute Gasteiger partial charge is 0.293 e. The van der Waals surface area contributed by atoms with Crippen molar-refractivity contribution < 1.29 is 33.0 Å². The van der Waals surface area contributed by atoms with Crippen LogP contribution in [0.2, 0.25) is 5.02 Å². The summed E-state index contributed by atoms with van der Waals surface area (Å²) in [6.07, 6.45) is 7.59. The van der Waals surface area contributed by atoms with Crippen molar-refractivity contribution in [3.05, 3.63) is 80.5 Å². The highest BCUT2D eigenvalue weighted by molar-refractivity contribution is 6.33. The van der Waals surface area contributed by atoms with Gasteiger partial charge < -0.3 is 39.4 Å². The SMILES string of the molecule is CNC(=O)COc1cc2cc(Nc3nc(N4CCC(O[C@H]5C[C@H](N6CCC(c7ccc8c(c7F)[C@H](C)N([C@H]7CCC(=O)NC7=O)C8=O)CC6)C5)CC4)ncc3Cl)ccc2n(C(C)C)c1=O. The van der Waals surface area contributed by atoms with Crippen LogP contribution in [0.5, 0.6) is 5.75 Å². The number of amides is 4. The van der Waals surface area contributed by atoms with Crippen LogP contribution < -0.4 is 31.1 Å². The second-order valence-corrected chi connectivity index (χ2v) is 18.6. The maximum Gasteiger partial charge on any atom is 0.293 e. The van der Waals surface area contributed by atoms with E-state index < -0.39 is 18.0 Å². The molecule has 3 N–H and O–H groups in total. The lowest BCUT2D eigenvalue weighted by atomic mass is 9.82. The standard InChI is InChI=1S/C47H55ClFN9O7/c1-25(2)57-36-8-5-29(19-28(36)20-38(46(57)63)64-24-40(60)50-4)52-43-35(48)23-51-47(54-43)56-17-13-31(14-18-56)65-32-21-30(22-32)55-15-11-27(12-16-55)33-6-7-34-41(42(33)49)26(3)58(45(34)62)37-9-10-39(59)53-44(37)61/h5-8,19-20,23,25-27,30-32,37H,9-18,21-22,24H2,1-4H3,(H,50,60)(H,51,52,54)(H,53,59,61)/t26-,30-,32-,37-/m0/s1. The fourth-order valence-electron chi connectivity index (χ4n) is 10.3. The van der Waals surface area contributed by atoms with Crippen molar-refractivity contribution in [2.24, 2.45) is 0 Å². The number of carbonyl (C=O) groups is 4. The number of piperidine rings is 3. The van der Waals surface area contributed by atoms with Crippen molar-refractivity contribution >= 4 is 63.6 Å². The quantitative estimate of drug-likeness (QED) is 0.147. The van der Waals surface area contributed by atoms with E-state index in [1.807, 2.05) is 32.0 Å². The van der Waals surface area contributed by atoms with Crippen LogP contribution in [0.3, 0.4) is 0 Å². The first kappa shape index (κ1) is 44.5. The number of hydrogen-bond acceptors (Lipinski definition) is 12. The third kappa shape index (κ3) is 8.77. The number of imide groups is 1. The summed E-state index contributed by atoms with van der Waals surface area (Å²) in [6.45, 7) is 8.52. The highest BCUT2D eigenvalue weighted by Gasteiger charge is 2.45. The molecule has 2 aromatic carbocycles. The lowest BCUT2D eigenvalue weighted by Gasteiger charge is -2.47. The van der Waals surface area contributed by atoms with Crippen LogP contribution in [-0.2, 0) is 19.1 Å². The normalized spacial score (nSPS) is 23.2. The molecule has 344 valence electrons. The van der Waals surface area contributed by atoms with Crippen LogP contribution in [-0.4, -0.2) is 112 Å². The van der Waals surface area contributed by atoms with Crippen molar-refractivity contribution in [3.63, 3.8) is 0 Å². The first-order chi connectivity index (χ1) is 31.3. The fraction of sp³-hybridized carbons (Fsp3) is 0.511. The molecule has 4 amide bonds. The Morgan fingerprint density at radius 2 is 1.74 bits per heavy atom. The van der Waals surface area contributed by atoms with Gasteiger partial charge in [0.15, 0.2) is 18.2 Å². The van der Waals surface area contributed by atoms with Crippen LogP contribution in [0, 0.1) is 5.82 Å². The monoisotopic (exact) mass is 911 g/mol. The molecule has 3 saturated heterocycles. The Balaban J connectivity index is 0.752. The molecule has 4 fully saturated rings. The number of likely N-dealkylation sites (tertiary alicyclic amines) is 1. The Bertz CT molecular complexity index is 2590. The molecule has 16 nitrogen and oxygen atoms in total. The predicted molar refractivity (Wildman–Crippen MR) is 242 cm³/mol. The van der Waals surface area contributed by atoms with Gasteiger partial charge in [0.05, 0.1) is 30.0 Å². The third-order valence-electron chi connectivity index (χ3n) is 13.9. The number of benzene rings is 2. The minimum atomic E-state index is -0.792. The second kappa shape index (κ2) is 18.3. The molecule has 2 aromatic heterocycles. The van der Waals surface area contributed by atoms with E-state index in [-0.39, 0.29) is 78.5 Å². The number of anilines is 3. The minimum Gasteiger partial charge on any atom is -0.478 e. The van der Waals surface area contributed by atoms with E-state index in [2.05, 4.69) is 30.7 Å². The zero-order valence-electron chi connectivity index (χ0n) is 37.1. The van der Waals surface area contributed by atoms with Crippen LogP contribution in [0.1, 0.15) is 112 Å². The maximum absolute atomic E-state index is 16.3. The van der Waals surface area contributed by atoms with E-state index in [9.17, 15) is 24.0 Å². The molecular weight excluding hydrogens is 857 g/mol. The molecular formula is C47H55ClFN9O7. The lowest BCUT2D eigenvalue weighted by molar-refractivity contribution is -0.137. The Labute approximate surface area is 381 Å². The largest absolute Gasteiger partial charge is 0.478 e. The summed E-state index contributed by atoms with van der Waals surface area (Å²) in [5, 5.41) is 9.25. The van der Waals surface area contributed by atoms with E-state index in [1.165, 1.54) is 11.9 Å². The highest BCUT2D eigenvalue weighted by Crippen LogP contribution is 2.43. The van der Waals surface area contributed by atoms with Crippen LogP contribution in [0.25, 0.3) is 10.9 Å². The zero-order chi connectivity index (χ0) is 45.7. The molecule has 5 aliphatic rings. The summed E-state index contributed by atoms with van der Waals surface area (Å²) in [5.74, 6) is -0.755. The van der Waals surface area contributed by atoms with Crippen molar-refractivity contribution in [1.82, 2.24) is 35.0 Å². The molecule has 9 rings (SSSR count). The van der Waals surface area contributed by atoms with E-state index in [0.717, 1.165) is 75.6 Å². The molecule has 0 unspecified atom stereocenters. The average molecular weight is 912 g/mol. The van der Waals surface area contributed by atoms with Crippen LogP contribution in [0.4, 0.5) is 21.8 Å². The zero-order valence-corrected chi connectivity index (χ0v) is 37.8. The fourth-order valence-corrected chi connectivity index (χ4v) is 10.4. The number of rotatable bonds is 12. The maximum atomic E-state index is 16.3. The van der Waals surface area contributed by atoms with Gasteiger partial charge in [-0.05, 0) is 121 Å². The van der Waals surface area contributed by atoms with Gasteiger partial charge >= 0.3 is 0 Å². The lowest BCUT2D eigenvalue weighted by Crippen LogP contribution is -2.53. The number of pyridine rings is 1. The van der Waals surface area contributed by atoms with Gasteiger partial charge in [-0.25, -0.2) is 9.37 Å². The second-order valence-electron chi connectivity index (χ2n) is 18.2. The molecule has 1 saturated carbocycles. The third-order valence-corrected chi connectivity index (χ3v) is 14.1. The number of nitrogens with zero attached hydrogens (tertiary/aromatic N) is 6. The first-order valence-electron chi connectivity index (χ1n) is 22.7. The number of nitrogens with one attached hydrogen (secondary N) is 3. The molecule has 4 aliphatic heterocycles. The van der Waals surface area contributed by atoms with Gasteiger partial charge in [-0.2, -0.15) is 4.98 Å². The van der Waals surface area contributed by atoms with Crippen molar-refractivity contribution in [2.45, 2.75) is 114 Å². The van der Waals surface area contributed by atoms with Crippen molar-refractivity contribution in [3.8, 4) is 5.75 Å². The Hall–Kier alpha value is -5.65. The molecule has 18 heteroatoms. The Morgan fingerprint density at radius 3 is 2.45 bits per heavy atom. The van der Waals surface area contributed by atoms with E-state index in [1.54, 1.807) is 35.9 Å². The predicted octanol–water partition coefficient (Wildman–Crippen LogP) is 5.75. The summed E-state index contributed by atoms with van der Waals surface area (Å²) in [5.41, 5.74) is 2.41. The molecule has 0 radical (unpaired) electrons. The highest BCUT2D eigenvalue weighted by atomic mass is 35.5. The Kier molecular flexibility index (Phi) is 12.6. The molecule has 6 heterocycles. The number of hydrogen-bond donors (Lipinski definition) is 3. The van der Waals surface area contributed by atoms with E-state index >= 15 is 4.39 Å².